The van der Waals surface area contributed by atoms with E-state index in [1.807, 2.05) is 37.3 Å². The Morgan fingerprint density at radius 3 is 2.33 bits per heavy atom. The number of aliphatic hydroxyl groups is 2. The molecule has 0 aliphatic carbocycles. The van der Waals surface area contributed by atoms with Crippen LogP contribution < -0.4 is 14.8 Å². The minimum Gasteiger partial charge on any atom is -0.491 e. The Bertz CT molecular complexity index is 993. The average molecular weight is 452 g/mol. The summed E-state index contributed by atoms with van der Waals surface area (Å²) in [7, 11) is 0. The van der Waals surface area contributed by atoms with E-state index in [1.165, 1.54) is 0 Å². The van der Waals surface area contributed by atoms with E-state index in [0.717, 1.165) is 5.56 Å². The van der Waals surface area contributed by atoms with E-state index in [-0.39, 0.29) is 26.2 Å². The van der Waals surface area contributed by atoms with Crippen molar-refractivity contribution in [2.24, 2.45) is 0 Å². The number of hydrogen-bond acceptors (Lipinski definition) is 6. The summed E-state index contributed by atoms with van der Waals surface area (Å²) in [6.45, 7) is 1.83. The van der Waals surface area contributed by atoms with Crippen LogP contribution in [-0.2, 0) is 4.74 Å². The molecule has 7 heteroatoms. The molecule has 2 atom stereocenters. The Labute approximate surface area is 193 Å². The maximum atomic E-state index is 12.8. The molecule has 0 aromatic heterocycles. The van der Waals surface area contributed by atoms with Crippen molar-refractivity contribution in [2.45, 2.75) is 25.6 Å². The van der Waals surface area contributed by atoms with Gasteiger partial charge in [0.25, 0.3) is 0 Å². The summed E-state index contributed by atoms with van der Waals surface area (Å²) in [6, 6.07) is 23.6. The van der Waals surface area contributed by atoms with E-state index >= 15 is 0 Å². The Morgan fingerprint density at radius 1 is 0.909 bits per heavy atom. The first kappa shape index (κ1) is 24.1. The molecule has 0 saturated carbocycles. The number of aryl methyl sites for hydroxylation is 1. The lowest BCUT2D eigenvalue weighted by Crippen LogP contribution is -2.31. The van der Waals surface area contributed by atoms with Crippen molar-refractivity contribution in [1.82, 2.24) is 0 Å². The van der Waals surface area contributed by atoms with Gasteiger partial charge in [0, 0.05) is 18.7 Å². The zero-order valence-electron chi connectivity index (χ0n) is 18.5. The molecule has 0 aliphatic heterocycles. The molecule has 33 heavy (non-hydrogen) atoms. The molecule has 3 rings (SSSR count). The van der Waals surface area contributed by atoms with Crippen LogP contribution in [0, 0.1) is 6.92 Å². The van der Waals surface area contributed by atoms with E-state index in [9.17, 15) is 9.90 Å². The molecule has 0 heterocycles. The Hall–Kier alpha value is -3.55. The zero-order valence-corrected chi connectivity index (χ0v) is 18.5. The van der Waals surface area contributed by atoms with Crippen molar-refractivity contribution in [2.75, 3.05) is 25.1 Å². The van der Waals surface area contributed by atoms with Gasteiger partial charge in [0.1, 0.15) is 24.2 Å². The van der Waals surface area contributed by atoms with Gasteiger partial charge in [-0.3, -0.25) is 5.32 Å². The highest BCUT2D eigenvalue weighted by molar-refractivity contribution is 5.84. The summed E-state index contributed by atoms with van der Waals surface area (Å²) in [5.74, 6) is 1.12. The van der Waals surface area contributed by atoms with Crippen LogP contribution in [0.1, 0.15) is 23.7 Å². The summed E-state index contributed by atoms with van der Waals surface area (Å²) in [4.78, 5) is 12.8. The van der Waals surface area contributed by atoms with Crippen LogP contribution in [-0.4, -0.2) is 42.2 Å². The fraction of sp³-hybridized carbons (Fsp3) is 0.269. The summed E-state index contributed by atoms with van der Waals surface area (Å²) < 4.78 is 17.5. The number of carbonyl (C=O) groups excluding carboxylic acids is 1. The maximum absolute atomic E-state index is 12.8. The third-order valence-electron chi connectivity index (χ3n) is 4.86. The van der Waals surface area contributed by atoms with E-state index in [1.54, 1.807) is 48.5 Å². The zero-order chi connectivity index (χ0) is 23.5. The molecule has 0 aliphatic rings. The van der Waals surface area contributed by atoms with Crippen molar-refractivity contribution in [3.05, 3.63) is 90.0 Å². The van der Waals surface area contributed by atoms with Gasteiger partial charge >= 0.3 is 6.09 Å². The van der Waals surface area contributed by atoms with Gasteiger partial charge in [0.15, 0.2) is 6.10 Å². The lowest BCUT2D eigenvalue weighted by molar-refractivity contribution is 0.00897. The molecular formula is C26H29NO6. The smallest absolute Gasteiger partial charge is 0.412 e. The molecule has 1 amide bonds. The molecule has 7 nitrogen and oxygen atoms in total. The van der Waals surface area contributed by atoms with Gasteiger partial charge in [-0.25, -0.2) is 4.79 Å². The second-order valence-corrected chi connectivity index (χ2v) is 7.44. The van der Waals surface area contributed by atoms with Gasteiger partial charge in [-0.2, -0.15) is 0 Å². The fourth-order valence-corrected chi connectivity index (χ4v) is 3.28. The molecule has 0 spiro atoms. The Balaban J connectivity index is 1.86. The molecule has 0 radical (unpaired) electrons. The monoisotopic (exact) mass is 451 g/mol. The highest BCUT2D eigenvalue weighted by Gasteiger charge is 2.29. The number of aliphatic hydroxyl groups excluding tert-OH is 2. The SMILES string of the molecule is Cc1ccc(NC(=O)O[C@@H](c2cccc(OCCO)c2)[C@H](CCO)Oc2ccccc2)cc1. The van der Waals surface area contributed by atoms with Crippen LogP contribution in [0.2, 0.25) is 0 Å². The highest BCUT2D eigenvalue weighted by Crippen LogP contribution is 2.30. The minimum absolute atomic E-state index is 0.118. The van der Waals surface area contributed by atoms with E-state index in [0.29, 0.717) is 22.7 Å². The highest BCUT2D eigenvalue weighted by atomic mass is 16.6. The normalized spacial score (nSPS) is 12.5. The predicted molar refractivity (Wildman–Crippen MR) is 126 cm³/mol. The quantitative estimate of drug-likeness (QED) is 0.398. The average Bonchev–Trinajstić information content (AvgIpc) is 2.83. The third-order valence-corrected chi connectivity index (χ3v) is 4.86. The number of amides is 1. The van der Waals surface area contributed by atoms with Crippen molar-refractivity contribution in [1.29, 1.82) is 0 Å². The first-order chi connectivity index (χ1) is 16.1. The molecule has 0 unspecified atom stereocenters. The maximum Gasteiger partial charge on any atom is 0.412 e. The van der Waals surface area contributed by atoms with Crippen molar-refractivity contribution >= 4 is 11.8 Å². The number of para-hydroxylation sites is 1. The summed E-state index contributed by atoms with van der Waals surface area (Å²) in [5, 5.41) is 21.5. The molecule has 3 aromatic rings. The number of nitrogens with one attached hydrogen (secondary N) is 1. The summed E-state index contributed by atoms with van der Waals surface area (Å²) >= 11 is 0. The van der Waals surface area contributed by atoms with Gasteiger partial charge in [0.05, 0.1) is 6.61 Å². The van der Waals surface area contributed by atoms with Crippen LogP contribution in [0.15, 0.2) is 78.9 Å². The molecule has 0 saturated heterocycles. The second-order valence-electron chi connectivity index (χ2n) is 7.44. The van der Waals surface area contributed by atoms with Crippen molar-refractivity contribution in [3.8, 4) is 11.5 Å². The van der Waals surface area contributed by atoms with Gasteiger partial charge in [0.2, 0.25) is 0 Å². The van der Waals surface area contributed by atoms with Gasteiger partial charge in [-0.1, -0.05) is 48.0 Å². The number of rotatable bonds is 11. The Morgan fingerprint density at radius 2 is 1.64 bits per heavy atom. The lowest BCUT2D eigenvalue weighted by Gasteiger charge is -2.28. The van der Waals surface area contributed by atoms with E-state index < -0.39 is 18.3 Å². The largest absolute Gasteiger partial charge is 0.491 e. The molecule has 0 fully saturated rings. The van der Waals surface area contributed by atoms with Crippen molar-refractivity contribution < 1.29 is 29.2 Å². The fourth-order valence-electron chi connectivity index (χ4n) is 3.28. The van der Waals surface area contributed by atoms with Gasteiger partial charge in [-0.15, -0.1) is 0 Å². The number of anilines is 1. The predicted octanol–water partition coefficient (Wildman–Crippen LogP) is 4.49. The first-order valence-electron chi connectivity index (χ1n) is 10.8. The van der Waals surface area contributed by atoms with Crippen LogP contribution in [0.4, 0.5) is 10.5 Å². The summed E-state index contributed by atoms with van der Waals surface area (Å²) in [5.41, 5.74) is 2.32. The minimum atomic E-state index is -0.833. The molecule has 3 N–H and O–H groups in total. The second kappa shape index (κ2) is 12.5. The number of benzene rings is 3. The summed E-state index contributed by atoms with van der Waals surface area (Å²) in [6.07, 6.45) is -1.90. The molecule has 0 bridgehead atoms. The lowest BCUT2D eigenvalue weighted by atomic mass is 10.0. The third kappa shape index (κ3) is 7.52. The molecular weight excluding hydrogens is 422 g/mol. The number of hydrogen-bond donors (Lipinski definition) is 3. The van der Waals surface area contributed by atoms with E-state index in [4.69, 9.17) is 19.3 Å². The first-order valence-corrected chi connectivity index (χ1v) is 10.8. The topological polar surface area (TPSA) is 97.3 Å². The van der Waals surface area contributed by atoms with Crippen LogP contribution in [0.5, 0.6) is 11.5 Å². The van der Waals surface area contributed by atoms with Crippen molar-refractivity contribution in [3.63, 3.8) is 0 Å². The van der Waals surface area contributed by atoms with Crippen LogP contribution in [0.25, 0.3) is 0 Å². The van der Waals surface area contributed by atoms with Crippen LogP contribution in [0.3, 0.4) is 0 Å². The van der Waals surface area contributed by atoms with Gasteiger partial charge < -0.3 is 24.4 Å². The molecule has 174 valence electrons. The molecule has 3 aromatic carbocycles. The number of ether oxygens (including phenoxy) is 3. The number of carbonyl (C=O) groups is 1. The van der Waals surface area contributed by atoms with Gasteiger partial charge in [-0.05, 0) is 48.9 Å². The van der Waals surface area contributed by atoms with E-state index in [2.05, 4.69) is 5.32 Å². The Kier molecular flexibility index (Phi) is 9.11. The standard InChI is InChI=1S/C26H29NO6/c1-19-10-12-21(13-11-19)27-26(30)33-25(20-6-5-9-23(18-20)31-17-16-29)24(14-15-28)32-22-7-3-2-4-8-22/h2-13,18,24-25,28-29H,14-17H2,1H3,(H,27,30)/t24-,25-/m0/s1. The van der Waals surface area contributed by atoms with Crippen LogP contribution >= 0.6 is 0 Å².